The predicted molar refractivity (Wildman–Crippen MR) is 54.4 cm³/mol. The molecular formula is C10H10FNO4. The summed E-state index contributed by atoms with van der Waals surface area (Å²) in [5.74, 6) is -1.74. The number of carbonyl (C=O) groups is 2. The normalized spacial score (nSPS) is 8.31. The maximum Gasteiger partial charge on any atom is 0.410 e. The number of ether oxygens (including phenoxy) is 1. The van der Waals surface area contributed by atoms with E-state index in [-0.39, 0.29) is 5.75 Å². The molecule has 0 aliphatic heterocycles. The molecule has 16 heavy (non-hydrogen) atoms. The molecule has 0 radical (unpaired) electrons. The number of hydrogen-bond acceptors (Lipinski definition) is 3. The predicted octanol–water partition coefficient (Wildman–Crippen LogP) is 1.54. The summed E-state index contributed by atoms with van der Waals surface area (Å²) in [6, 6.07) is 5.53. The van der Waals surface area contributed by atoms with E-state index in [0.29, 0.717) is 0 Å². The van der Waals surface area contributed by atoms with E-state index in [9.17, 15) is 14.0 Å². The number of para-hydroxylation sites is 1. The first kappa shape index (κ1) is 13.6. The summed E-state index contributed by atoms with van der Waals surface area (Å²) in [5.41, 5.74) is 4.67. The van der Waals surface area contributed by atoms with Gasteiger partial charge >= 0.3 is 12.1 Å². The van der Waals surface area contributed by atoms with Gasteiger partial charge in [0.25, 0.3) is 0 Å². The second kappa shape index (κ2) is 6.99. The summed E-state index contributed by atoms with van der Waals surface area (Å²) in [7, 11) is 0. The SMILES string of the molecule is C=CC(=O)O.NC(=O)Oc1ccccc1F. The van der Waals surface area contributed by atoms with Gasteiger partial charge in [0.1, 0.15) is 0 Å². The highest BCUT2D eigenvalue weighted by Gasteiger charge is 2.03. The van der Waals surface area contributed by atoms with E-state index in [2.05, 4.69) is 17.0 Å². The molecular weight excluding hydrogens is 217 g/mol. The Hall–Kier alpha value is -2.37. The molecule has 0 aliphatic rings. The number of benzene rings is 1. The van der Waals surface area contributed by atoms with Crippen LogP contribution in [0.1, 0.15) is 0 Å². The van der Waals surface area contributed by atoms with Gasteiger partial charge in [-0.1, -0.05) is 18.7 Å². The van der Waals surface area contributed by atoms with E-state index < -0.39 is 17.9 Å². The molecule has 0 saturated carbocycles. The lowest BCUT2D eigenvalue weighted by molar-refractivity contribution is -0.131. The van der Waals surface area contributed by atoms with Crippen LogP contribution < -0.4 is 10.5 Å². The average molecular weight is 227 g/mol. The van der Waals surface area contributed by atoms with Crippen molar-refractivity contribution in [2.45, 2.75) is 0 Å². The first-order valence-electron chi connectivity index (χ1n) is 4.04. The fourth-order valence-corrected chi connectivity index (χ4v) is 0.636. The molecule has 0 unspecified atom stereocenters. The smallest absolute Gasteiger partial charge is 0.410 e. The lowest BCUT2D eigenvalue weighted by Crippen LogP contribution is -2.16. The highest BCUT2D eigenvalue weighted by molar-refractivity contribution is 5.78. The second-order valence-corrected chi connectivity index (χ2v) is 2.39. The lowest BCUT2D eigenvalue weighted by Gasteiger charge is -1.99. The van der Waals surface area contributed by atoms with Gasteiger partial charge in [-0.2, -0.15) is 0 Å². The van der Waals surface area contributed by atoms with Crippen molar-refractivity contribution < 1.29 is 23.8 Å². The number of rotatable bonds is 2. The third-order valence-corrected chi connectivity index (χ3v) is 1.22. The quantitative estimate of drug-likeness (QED) is 0.750. The first-order valence-corrected chi connectivity index (χ1v) is 4.04. The van der Waals surface area contributed by atoms with Crippen LogP contribution in [0.15, 0.2) is 36.9 Å². The Kier molecular flexibility index (Phi) is 5.96. The molecule has 0 fully saturated rings. The standard InChI is InChI=1S/C7H6FNO2.C3H4O2/c8-5-3-1-2-4-6(5)11-7(9)10;1-2-3(4)5/h1-4H,(H2,9,10);2H,1H2,(H,4,5). The minimum absolute atomic E-state index is 0.153. The number of carboxylic acid groups (broad SMARTS) is 1. The number of hydrogen-bond donors (Lipinski definition) is 2. The van der Waals surface area contributed by atoms with Crippen LogP contribution in [0.25, 0.3) is 0 Å². The fourth-order valence-electron chi connectivity index (χ4n) is 0.636. The minimum atomic E-state index is -1.02. The Morgan fingerprint density at radius 2 is 1.94 bits per heavy atom. The Balaban J connectivity index is 0.000000385. The van der Waals surface area contributed by atoms with Crippen molar-refractivity contribution in [1.82, 2.24) is 0 Å². The monoisotopic (exact) mass is 227 g/mol. The van der Waals surface area contributed by atoms with Gasteiger partial charge in [-0.25, -0.2) is 14.0 Å². The third kappa shape index (κ3) is 6.14. The van der Waals surface area contributed by atoms with Gasteiger partial charge in [-0.05, 0) is 12.1 Å². The van der Waals surface area contributed by atoms with Gasteiger partial charge in [-0.15, -0.1) is 0 Å². The first-order chi connectivity index (χ1) is 7.47. The molecule has 0 heterocycles. The van der Waals surface area contributed by atoms with Crippen LogP contribution in [0.3, 0.4) is 0 Å². The summed E-state index contributed by atoms with van der Waals surface area (Å²) < 4.78 is 16.9. The van der Waals surface area contributed by atoms with Crippen molar-refractivity contribution in [2.24, 2.45) is 5.73 Å². The highest BCUT2D eigenvalue weighted by Crippen LogP contribution is 2.14. The molecule has 0 aromatic heterocycles. The van der Waals surface area contributed by atoms with Gasteiger partial charge in [0.05, 0.1) is 0 Å². The minimum Gasteiger partial charge on any atom is -0.478 e. The number of carbonyl (C=O) groups excluding carboxylic acids is 1. The molecule has 0 atom stereocenters. The van der Waals surface area contributed by atoms with E-state index in [4.69, 9.17) is 5.11 Å². The lowest BCUT2D eigenvalue weighted by atomic mass is 10.3. The van der Waals surface area contributed by atoms with Crippen molar-refractivity contribution in [3.05, 3.63) is 42.7 Å². The molecule has 1 aromatic carbocycles. The topological polar surface area (TPSA) is 89.6 Å². The second-order valence-electron chi connectivity index (χ2n) is 2.39. The summed E-state index contributed by atoms with van der Waals surface area (Å²) in [6.45, 7) is 2.96. The summed E-state index contributed by atoms with van der Waals surface area (Å²) in [5, 5.41) is 7.60. The van der Waals surface area contributed by atoms with E-state index >= 15 is 0 Å². The largest absolute Gasteiger partial charge is 0.478 e. The van der Waals surface area contributed by atoms with Crippen molar-refractivity contribution in [3.63, 3.8) is 0 Å². The number of carboxylic acids is 1. The van der Waals surface area contributed by atoms with Crippen LogP contribution in [0.5, 0.6) is 5.75 Å². The van der Waals surface area contributed by atoms with Crippen LogP contribution in [-0.4, -0.2) is 17.2 Å². The molecule has 1 rings (SSSR count). The van der Waals surface area contributed by atoms with Crippen LogP contribution in [0.4, 0.5) is 9.18 Å². The van der Waals surface area contributed by atoms with Crippen LogP contribution in [0.2, 0.25) is 0 Å². The number of nitrogens with two attached hydrogens (primary N) is 1. The molecule has 86 valence electrons. The molecule has 3 N–H and O–H groups in total. The van der Waals surface area contributed by atoms with Crippen molar-refractivity contribution in [3.8, 4) is 5.75 Å². The van der Waals surface area contributed by atoms with Crippen LogP contribution in [-0.2, 0) is 4.79 Å². The van der Waals surface area contributed by atoms with E-state index in [1.165, 1.54) is 18.2 Å². The summed E-state index contributed by atoms with van der Waals surface area (Å²) >= 11 is 0. The van der Waals surface area contributed by atoms with Gasteiger partial charge in [0.2, 0.25) is 0 Å². The highest BCUT2D eigenvalue weighted by atomic mass is 19.1. The maximum absolute atomic E-state index is 12.6. The van der Waals surface area contributed by atoms with E-state index in [1.807, 2.05) is 0 Å². The zero-order chi connectivity index (χ0) is 12.6. The van der Waals surface area contributed by atoms with Crippen LogP contribution in [0, 0.1) is 5.82 Å². The zero-order valence-corrected chi connectivity index (χ0v) is 8.22. The fraction of sp³-hybridized carbons (Fsp3) is 0. The van der Waals surface area contributed by atoms with Gasteiger partial charge in [-0.3, -0.25) is 0 Å². The molecule has 1 amide bonds. The number of primary amides is 1. The van der Waals surface area contributed by atoms with Crippen molar-refractivity contribution in [1.29, 1.82) is 0 Å². The number of halogens is 1. The van der Waals surface area contributed by atoms with E-state index in [0.717, 1.165) is 6.08 Å². The summed E-state index contributed by atoms with van der Waals surface area (Å²) in [4.78, 5) is 19.4. The molecule has 5 nitrogen and oxygen atoms in total. The number of aliphatic carboxylic acids is 1. The maximum atomic E-state index is 12.6. The zero-order valence-electron chi connectivity index (χ0n) is 8.22. The molecule has 6 heteroatoms. The average Bonchev–Trinajstić information content (AvgIpc) is 2.22. The Bertz CT molecular complexity index is 392. The Morgan fingerprint density at radius 1 is 1.44 bits per heavy atom. The van der Waals surface area contributed by atoms with Crippen LogP contribution >= 0.6 is 0 Å². The van der Waals surface area contributed by atoms with Gasteiger partial charge < -0.3 is 15.6 Å². The third-order valence-electron chi connectivity index (χ3n) is 1.22. The van der Waals surface area contributed by atoms with E-state index in [1.54, 1.807) is 6.07 Å². The molecule has 0 spiro atoms. The molecule has 0 saturated heterocycles. The van der Waals surface area contributed by atoms with Gasteiger partial charge in [0.15, 0.2) is 11.6 Å². The Labute approximate surface area is 90.9 Å². The molecule has 0 bridgehead atoms. The van der Waals surface area contributed by atoms with Gasteiger partial charge in [0, 0.05) is 6.08 Å². The molecule has 0 aliphatic carbocycles. The Morgan fingerprint density at radius 3 is 2.31 bits per heavy atom. The molecule has 1 aromatic rings. The summed E-state index contributed by atoms with van der Waals surface area (Å²) in [6.07, 6.45) is -0.185. The van der Waals surface area contributed by atoms with Crippen molar-refractivity contribution >= 4 is 12.1 Å². The number of amides is 1. The van der Waals surface area contributed by atoms with Crippen molar-refractivity contribution in [2.75, 3.05) is 0 Å².